The lowest BCUT2D eigenvalue weighted by Gasteiger charge is -2.74. The number of aliphatic hydroxyl groups excluding tert-OH is 3. The Hall–Kier alpha value is -3.42. The first kappa shape index (κ1) is 53.2. The number of phenolic OH excluding ortho intramolecular Hbond substituents is 1. The minimum atomic E-state index is -0.952. The van der Waals surface area contributed by atoms with Gasteiger partial charge in [-0.3, -0.25) is 9.59 Å². The molecule has 2 aliphatic heterocycles. The second-order valence-corrected chi connectivity index (χ2v) is 28.0. The van der Waals surface area contributed by atoms with Crippen LogP contribution < -0.4 is 16.4 Å². The highest BCUT2D eigenvalue weighted by molar-refractivity contribution is 6.01. The predicted molar refractivity (Wildman–Crippen MR) is 295 cm³/mol. The second-order valence-electron chi connectivity index (χ2n) is 28.0. The standard InChI is InChI=1S/C65H91N3O8/c1-60(75)22-6-7-23-64-24-10-15-50(55(58(64)74)41-25-38(33-67-5)26-44(71)29-41)62(3)54-21-20-49-56-47(30-52(72)59-63(4,76-59)48-14-9-13-45(48)40-11-8-12-43(66)28-40)46-27-37(34-69)16-17-39(46)18-19-42(35-70)65(54,61(49,2)32-53(56)73)31-51(57(62)64)68-36-60/h8,10-12,15,25-26,28-29,37,39,42,45-48,50-52,54-55,57,59,67-72,75H,6-7,9,13-14,16-24,27,30-36,66H2,1-5H3/t37-,39-,42+,45-,46+,47+,48-,50+,51-,52-,54-,55-,57-,59-,60+,61+,62+,63-,64+,65-/m1/s1. The highest BCUT2D eigenvalue weighted by Gasteiger charge is 2.78. The lowest BCUT2D eigenvalue weighted by atomic mass is 9.29. The number of Topliss-reactive ketones (excluding diaryl/α,β-unsaturated/α-hetero) is 2. The third kappa shape index (κ3) is 8.01. The average Bonchev–Trinajstić information content (AvgIpc) is 3.99. The van der Waals surface area contributed by atoms with Crippen molar-refractivity contribution in [2.45, 2.75) is 191 Å². The first-order valence-electron chi connectivity index (χ1n) is 30.2. The van der Waals surface area contributed by atoms with Gasteiger partial charge in [0.25, 0.3) is 0 Å². The number of aromatic hydroxyl groups is 1. The molecule has 6 bridgehead atoms. The SMILES string of the molecule is CNCc1cc(O)cc([C@H]2C(=O)[C@]34CC=C[C@@H]2[C@@]2(C)[C@H]5CCC6=C7C(=O)C[C@]6(C)[C@]5(C[C@@H](NC[C@@](C)(O)CCCC3)[C@@H]42)[C@H](CO)CC[C@H]2CC[C@@H](CO)C[C@@H]2[C@@H]7C[C@@H](O)[C@H]2O[C@]2(C)[C@@H]2CCC[C@@H]2c2cccc(N)c2)c1. The fourth-order valence-corrected chi connectivity index (χ4v) is 21.4. The number of phenols is 1. The molecule has 11 aliphatic rings. The van der Waals surface area contributed by atoms with Crippen molar-refractivity contribution < 1.29 is 39.9 Å². The van der Waals surface area contributed by atoms with Gasteiger partial charge in [-0.2, -0.15) is 0 Å². The number of nitrogens with two attached hydrogens (primary N) is 1. The van der Waals surface area contributed by atoms with Crippen molar-refractivity contribution in [3.05, 3.63) is 82.5 Å². The van der Waals surface area contributed by atoms with E-state index in [1.807, 2.05) is 32.2 Å². The third-order valence-electron chi connectivity index (χ3n) is 24.3. The molecule has 0 unspecified atom stereocenters. The third-order valence-corrected chi connectivity index (χ3v) is 24.3. The summed E-state index contributed by atoms with van der Waals surface area (Å²) in [5.74, 6) is 0.551. The number of rotatable bonds is 10. The number of allylic oxidation sites excluding steroid dienone is 4. The van der Waals surface area contributed by atoms with Crippen molar-refractivity contribution >= 4 is 17.3 Å². The van der Waals surface area contributed by atoms with Crippen LogP contribution in [0.15, 0.2) is 65.8 Å². The molecule has 11 heteroatoms. The van der Waals surface area contributed by atoms with Gasteiger partial charge < -0.3 is 46.6 Å². The van der Waals surface area contributed by atoms with Crippen LogP contribution in [0.25, 0.3) is 0 Å². The van der Waals surface area contributed by atoms with E-state index in [9.17, 15) is 25.5 Å². The fourth-order valence-electron chi connectivity index (χ4n) is 21.4. The molecular formula is C65H91N3O8. The lowest BCUT2D eigenvalue weighted by molar-refractivity contribution is -0.237. The number of ether oxygens (including phenoxy) is 1. The summed E-state index contributed by atoms with van der Waals surface area (Å²) in [6, 6.07) is 13.9. The highest BCUT2D eigenvalue weighted by Crippen LogP contribution is 2.80. The quantitative estimate of drug-likeness (QED) is 0.0641. The van der Waals surface area contributed by atoms with Crippen molar-refractivity contribution in [2.75, 3.05) is 32.5 Å². The van der Waals surface area contributed by atoms with Gasteiger partial charge in [0, 0.05) is 55.3 Å². The number of epoxide rings is 1. The van der Waals surface area contributed by atoms with Crippen LogP contribution in [0.4, 0.5) is 5.69 Å². The molecule has 2 aromatic rings. The van der Waals surface area contributed by atoms with Crippen LogP contribution in [-0.4, -0.2) is 93.4 Å². The number of aliphatic hydroxyl groups is 4. The van der Waals surface area contributed by atoms with E-state index in [1.165, 1.54) is 11.1 Å². The smallest absolute Gasteiger partial charge is 0.160 e. The zero-order valence-corrected chi connectivity index (χ0v) is 46.4. The molecule has 20 atom stereocenters. The molecule has 9 aliphatic carbocycles. The van der Waals surface area contributed by atoms with Crippen LogP contribution >= 0.6 is 0 Å². The summed E-state index contributed by atoms with van der Waals surface area (Å²) in [5, 5.41) is 66.9. The Morgan fingerprint density at radius 2 is 1.72 bits per heavy atom. The summed E-state index contributed by atoms with van der Waals surface area (Å²) in [4.78, 5) is 32.2. The van der Waals surface area contributed by atoms with Gasteiger partial charge in [-0.1, -0.05) is 69.0 Å². The van der Waals surface area contributed by atoms with Crippen molar-refractivity contribution in [3.8, 4) is 5.75 Å². The summed E-state index contributed by atoms with van der Waals surface area (Å²) >= 11 is 0. The van der Waals surface area contributed by atoms with Gasteiger partial charge in [0.1, 0.15) is 17.6 Å². The molecule has 414 valence electrons. The molecule has 0 radical (unpaired) electrons. The van der Waals surface area contributed by atoms with Gasteiger partial charge in [-0.15, -0.1) is 0 Å². The number of fused-ring (bicyclic) bond motifs is 3. The minimum absolute atomic E-state index is 0.00382. The molecule has 76 heavy (non-hydrogen) atoms. The van der Waals surface area contributed by atoms with Crippen molar-refractivity contribution in [3.63, 3.8) is 0 Å². The van der Waals surface area contributed by atoms with E-state index >= 15 is 9.59 Å². The first-order chi connectivity index (χ1) is 36.4. The zero-order valence-electron chi connectivity index (χ0n) is 46.4. The van der Waals surface area contributed by atoms with E-state index in [4.69, 9.17) is 10.5 Å². The Kier molecular flexibility index (Phi) is 13.6. The average molecular weight is 1040 g/mol. The highest BCUT2D eigenvalue weighted by atomic mass is 16.6. The Balaban J connectivity index is 1.00. The normalized spacial score (nSPS) is 46.1. The van der Waals surface area contributed by atoms with Crippen LogP contribution in [-0.2, 0) is 20.9 Å². The Bertz CT molecular complexity index is 2650. The molecule has 2 spiro atoms. The van der Waals surface area contributed by atoms with Crippen molar-refractivity contribution in [1.82, 2.24) is 10.6 Å². The summed E-state index contributed by atoms with van der Waals surface area (Å²) in [6.45, 7) is 10.1. The first-order valence-corrected chi connectivity index (χ1v) is 30.2. The number of hydrogen-bond donors (Lipinski definition) is 8. The van der Waals surface area contributed by atoms with Gasteiger partial charge in [-0.25, -0.2) is 0 Å². The molecule has 2 aromatic carbocycles. The summed E-state index contributed by atoms with van der Waals surface area (Å²) in [5.41, 5.74) is 8.47. The number of β-amino-alcohol motifs (C(OH)–C–C–N with tert-alkyl or cyclic N) is 1. The maximum absolute atomic E-state index is 16.2. The Morgan fingerprint density at radius 1 is 0.921 bits per heavy atom. The number of benzene rings is 2. The second kappa shape index (κ2) is 19.4. The van der Waals surface area contributed by atoms with Gasteiger partial charge in [0.2, 0.25) is 0 Å². The van der Waals surface area contributed by atoms with E-state index in [1.54, 1.807) is 6.07 Å². The van der Waals surface area contributed by atoms with E-state index in [-0.39, 0.29) is 95.9 Å². The topological polar surface area (TPSA) is 198 Å². The summed E-state index contributed by atoms with van der Waals surface area (Å²) in [6.07, 6.45) is 17.8. The number of nitrogens with one attached hydrogen (secondary N) is 2. The predicted octanol–water partition coefficient (Wildman–Crippen LogP) is 9.44. The molecule has 9 N–H and O–H groups in total. The molecular weight excluding hydrogens is 951 g/mol. The van der Waals surface area contributed by atoms with Gasteiger partial charge in [0.15, 0.2) is 5.78 Å². The Morgan fingerprint density at radius 3 is 2.50 bits per heavy atom. The summed E-state index contributed by atoms with van der Waals surface area (Å²) < 4.78 is 6.79. The van der Waals surface area contributed by atoms with Crippen molar-refractivity contribution in [1.29, 1.82) is 0 Å². The van der Waals surface area contributed by atoms with Gasteiger partial charge in [-0.05, 0) is 227 Å². The molecule has 2 heterocycles. The van der Waals surface area contributed by atoms with Crippen LogP contribution in [0.1, 0.15) is 172 Å². The molecule has 11 nitrogen and oxygen atoms in total. The van der Waals surface area contributed by atoms with E-state index in [0.717, 1.165) is 106 Å². The van der Waals surface area contributed by atoms with Gasteiger partial charge >= 0.3 is 0 Å². The number of carbonyl (C=O) groups excluding carboxylic acids is 2. The Labute approximate surface area is 452 Å². The number of hydrogen-bond acceptors (Lipinski definition) is 11. The molecule has 0 aromatic heterocycles. The number of ketones is 2. The van der Waals surface area contributed by atoms with Crippen LogP contribution in [0, 0.1) is 74.9 Å². The fraction of sp³-hybridized carbons (Fsp3) is 0.723. The van der Waals surface area contributed by atoms with E-state index < -0.39 is 44.9 Å². The largest absolute Gasteiger partial charge is 0.508 e. The maximum atomic E-state index is 16.2. The van der Waals surface area contributed by atoms with Gasteiger partial charge in [0.05, 0.1) is 23.2 Å². The summed E-state index contributed by atoms with van der Waals surface area (Å²) in [7, 11) is 1.90. The molecule has 13 rings (SSSR count). The van der Waals surface area contributed by atoms with Crippen LogP contribution in [0.3, 0.4) is 0 Å². The molecule has 2 saturated heterocycles. The number of carbonyl (C=O) groups is 2. The van der Waals surface area contributed by atoms with Crippen molar-refractivity contribution in [2.24, 2.45) is 74.9 Å². The van der Waals surface area contributed by atoms with Crippen LogP contribution in [0.2, 0.25) is 0 Å². The molecule has 5 saturated carbocycles. The van der Waals surface area contributed by atoms with E-state index in [2.05, 4.69) is 61.8 Å². The molecule has 0 amide bonds. The number of anilines is 1. The van der Waals surface area contributed by atoms with Crippen LogP contribution in [0.5, 0.6) is 5.75 Å². The maximum Gasteiger partial charge on any atom is 0.160 e. The van der Waals surface area contributed by atoms with E-state index in [0.29, 0.717) is 51.1 Å². The minimum Gasteiger partial charge on any atom is -0.508 e. The monoisotopic (exact) mass is 1040 g/mol. The zero-order chi connectivity index (χ0) is 53.3. The lowest BCUT2D eigenvalue weighted by Crippen LogP contribution is -2.74. The number of nitrogen functional groups attached to an aromatic ring is 1. The molecule has 7 fully saturated rings.